The number of aromatic nitrogens is 3. The number of amides is 1. The number of carbonyl (C=O) groups is 1. The lowest BCUT2D eigenvalue weighted by atomic mass is 9.75. The summed E-state index contributed by atoms with van der Waals surface area (Å²) in [6, 6.07) is 27.1. The number of nitrogens with one attached hydrogen (secondary N) is 1. The van der Waals surface area contributed by atoms with Crippen LogP contribution in [0.3, 0.4) is 0 Å². The summed E-state index contributed by atoms with van der Waals surface area (Å²) in [4.78, 5) is 15.6. The van der Waals surface area contributed by atoms with Crippen LogP contribution in [0.2, 0.25) is 0 Å². The van der Waals surface area contributed by atoms with E-state index in [0.29, 0.717) is 18.5 Å². The molecule has 194 valence electrons. The smallest absolute Gasteiger partial charge is 0.224 e. The molecule has 1 amide bonds. The number of rotatable bonds is 8. The van der Waals surface area contributed by atoms with E-state index in [0.717, 1.165) is 55.0 Å². The molecule has 4 atom stereocenters. The fourth-order valence-electron chi connectivity index (χ4n) is 5.99. The number of fused-ring (bicyclic) bond motifs is 3. The van der Waals surface area contributed by atoms with E-state index in [4.69, 9.17) is 4.74 Å². The van der Waals surface area contributed by atoms with Gasteiger partial charge in [-0.15, -0.1) is 5.10 Å². The molecule has 3 fully saturated rings. The van der Waals surface area contributed by atoms with E-state index in [-0.39, 0.29) is 11.8 Å². The van der Waals surface area contributed by atoms with E-state index in [1.54, 1.807) is 7.11 Å². The van der Waals surface area contributed by atoms with Gasteiger partial charge in [0.1, 0.15) is 11.4 Å². The summed E-state index contributed by atoms with van der Waals surface area (Å²) in [6.45, 7) is 3.12. The summed E-state index contributed by atoms with van der Waals surface area (Å²) in [6.07, 6.45) is 4.12. The molecule has 4 heterocycles. The average molecular weight is 508 g/mol. The van der Waals surface area contributed by atoms with Gasteiger partial charge in [-0.1, -0.05) is 78.0 Å². The molecule has 1 unspecified atom stereocenters. The van der Waals surface area contributed by atoms with Crippen LogP contribution in [0.5, 0.6) is 5.75 Å². The number of piperidine rings is 3. The minimum Gasteiger partial charge on any atom is -0.496 e. The molecule has 1 N–H and O–H groups in total. The molecule has 3 aromatic carbocycles. The third-order valence-electron chi connectivity index (χ3n) is 8.09. The Hall–Kier alpha value is -3.97. The van der Waals surface area contributed by atoms with Crippen LogP contribution in [0.4, 0.5) is 0 Å². The van der Waals surface area contributed by atoms with Gasteiger partial charge in [-0.2, -0.15) is 0 Å². The summed E-state index contributed by atoms with van der Waals surface area (Å²) in [5.41, 5.74) is 5.34. The van der Waals surface area contributed by atoms with Crippen LogP contribution in [0.1, 0.15) is 18.4 Å². The Kier molecular flexibility index (Phi) is 6.92. The van der Waals surface area contributed by atoms with Gasteiger partial charge in [0.2, 0.25) is 5.91 Å². The molecule has 1 aromatic heterocycles. The fraction of sp³-hybridized carbons (Fsp3) is 0.323. The van der Waals surface area contributed by atoms with Crippen LogP contribution < -0.4 is 10.1 Å². The molecule has 2 bridgehead atoms. The van der Waals surface area contributed by atoms with E-state index in [2.05, 4.69) is 69.1 Å². The Labute approximate surface area is 223 Å². The van der Waals surface area contributed by atoms with Crippen LogP contribution in [0, 0.1) is 11.8 Å². The van der Waals surface area contributed by atoms with Gasteiger partial charge in [-0.3, -0.25) is 14.4 Å². The van der Waals surface area contributed by atoms with Crippen LogP contribution in [0.15, 0.2) is 85.1 Å². The van der Waals surface area contributed by atoms with Crippen LogP contribution in [-0.2, 0) is 17.9 Å². The topological polar surface area (TPSA) is 72.3 Å². The van der Waals surface area contributed by atoms with Crippen molar-refractivity contribution in [1.82, 2.24) is 25.2 Å². The van der Waals surface area contributed by atoms with Crippen molar-refractivity contribution in [2.45, 2.75) is 32.0 Å². The Bertz CT molecular complexity index is 1380. The van der Waals surface area contributed by atoms with Crippen molar-refractivity contribution < 1.29 is 9.53 Å². The molecule has 7 nitrogen and oxygen atoms in total. The lowest BCUT2D eigenvalue weighted by Gasteiger charge is -2.49. The first-order valence-electron chi connectivity index (χ1n) is 13.4. The minimum absolute atomic E-state index is 0.0316. The summed E-state index contributed by atoms with van der Waals surface area (Å²) in [5, 5.41) is 12.0. The van der Waals surface area contributed by atoms with Gasteiger partial charge in [0.15, 0.2) is 0 Å². The predicted octanol–water partition coefficient (Wildman–Crippen LogP) is 4.65. The van der Waals surface area contributed by atoms with E-state index in [9.17, 15) is 4.79 Å². The SMILES string of the molecule is COc1ccccc1CNC(=O)[C@@H]1CN2CC[C@@H]1C[C@@H]2Cn1cc(-c2ccc(-c3ccccc3)cc2)nn1. The summed E-state index contributed by atoms with van der Waals surface area (Å²) in [5.74, 6) is 1.38. The highest BCUT2D eigenvalue weighted by atomic mass is 16.5. The maximum Gasteiger partial charge on any atom is 0.224 e. The molecule has 0 aliphatic carbocycles. The van der Waals surface area contributed by atoms with Crippen molar-refractivity contribution in [3.8, 4) is 28.1 Å². The van der Waals surface area contributed by atoms with E-state index in [1.807, 2.05) is 41.2 Å². The average Bonchev–Trinajstić information content (AvgIpc) is 3.45. The number of methoxy groups -OCH3 is 1. The molecule has 3 saturated heterocycles. The molecule has 3 aliphatic rings. The van der Waals surface area contributed by atoms with Gasteiger partial charge in [0.05, 0.1) is 25.8 Å². The number of benzene rings is 3. The highest BCUT2D eigenvalue weighted by Crippen LogP contribution is 2.37. The Morgan fingerprint density at radius 3 is 2.47 bits per heavy atom. The minimum atomic E-state index is 0.0316. The molecule has 3 aliphatic heterocycles. The molecule has 0 spiro atoms. The van der Waals surface area contributed by atoms with Crippen LogP contribution >= 0.6 is 0 Å². The third-order valence-corrected chi connectivity index (χ3v) is 8.09. The monoisotopic (exact) mass is 507 g/mol. The molecular weight excluding hydrogens is 474 g/mol. The van der Waals surface area contributed by atoms with Crippen LogP contribution in [0.25, 0.3) is 22.4 Å². The van der Waals surface area contributed by atoms with Crippen molar-refractivity contribution in [3.63, 3.8) is 0 Å². The van der Waals surface area contributed by atoms with Gasteiger partial charge in [-0.25, -0.2) is 0 Å². The fourth-order valence-corrected chi connectivity index (χ4v) is 5.99. The highest BCUT2D eigenvalue weighted by Gasteiger charge is 2.43. The molecule has 0 radical (unpaired) electrons. The number of hydrogen-bond donors (Lipinski definition) is 1. The maximum atomic E-state index is 13.1. The number of carbonyl (C=O) groups excluding carboxylic acids is 1. The molecule has 7 heteroatoms. The molecule has 7 rings (SSSR count). The molecule has 38 heavy (non-hydrogen) atoms. The van der Waals surface area contributed by atoms with Gasteiger partial charge in [0.25, 0.3) is 0 Å². The summed E-state index contributed by atoms with van der Waals surface area (Å²) >= 11 is 0. The van der Waals surface area contributed by atoms with Crippen molar-refractivity contribution in [2.75, 3.05) is 20.2 Å². The first kappa shape index (κ1) is 24.4. The first-order chi connectivity index (χ1) is 18.7. The van der Waals surface area contributed by atoms with Crippen molar-refractivity contribution in [1.29, 1.82) is 0 Å². The largest absolute Gasteiger partial charge is 0.496 e. The van der Waals surface area contributed by atoms with Gasteiger partial charge < -0.3 is 10.1 Å². The molecule has 0 saturated carbocycles. The maximum absolute atomic E-state index is 13.1. The zero-order valence-corrected chi connectivity index (χ0v) is 21.7. The summed E-state index contributed by atoms with van der Waals surface area (Å²) in [7, 11) is 1.66. The second-order valence-electron chi connectivity index (χ2n) is 10.3. The number of para-hydroxylation sites is 1. The van der Waals surface area contributed by atoms with E-state index >= 15 is 0 Å². The lowest BCUT2D eigenvalue weighted by molar-refractivity contribution is -0.133. The quantitative estimate of drug-likeness (QED) is 0.376. The van der Waals surface area contributed by atoms with Crippen molar-refractivity contribution >= 4 is 5.91 Å². The third kappa shape index (κ3) is 5.07. The normalized spacial score (nSPS) is 22.2. The zero-order chi connectivity index (χ0) is 25.9. The standard InChI is InChI=1S/C31H33N5O2/c1-38-30-10-6-5-9-26(30)18-32-31(37)28-20-35-16-15-25(28)17-27(35)19-36-21-29(33-34-36)24-13-11-23(12-14-24)22-7-3-2-4-8-22/h2-14,21,25,27-28H,15-20H2,1H3,(H,32,37)/t25-,27-,28-/m1/s1. The summed E-state index contributed by atoms with van der Waals surface area (Å²) < 4.78 is 7.38. The second kappa shape index (κ2) is 10.8. The van der Waals surface area contributed by atoms with Gasteiger partial charge in [-0.05, 0) is 42.5 Å². The Morgan fingerprint density at radius 1 is 0.974 bits per heavy atom. The lowest BCUT2D eigenvalue weighted by Crippen LogP contribution is -2.58. The number of hydrogen-bond acceptors (Lipinski definition) is 5. The van der Waals surface area contributed by atoms with Crippen molar-refractivity contribution in [2.24, 2.45) is 11.8 Å². The first-order valence-corrected chi connectivity index (χ1v) is 13.4. The second-order valence-corrected chi connectivity index (χ2v) is 10.3. The van der Waals surface area contributed by atoms with Gasteiger partial charge in [0, 0.05) is 30.3 Å². The van der Waals surface area contributed by atoms with Crippen LogP contribution in [-0.4, -0.2) is 52.0 Å². The number of ether oxygens (including phenoxy) is 1. The predicted molar refractivity (Wildman–Crippen MR) is 147 cm³/mol. The molecular formula is C31H33N5O2. The van der Waals surface area contributed by atoms with Crippen molar-refractivity contribution in [3.05, 3.63) is 90.6 Å². The highest BCUT2D eigenvalue weighted by molar-refractivity contribution is 5.79. The van der Waals surface area contributed by atoms with E-state index in [1.165, 1.54) is 11.1 Å². The number of nitrogens with zero attached hydrogens (tertiary/aromatic N) is 4. The van der Waals surface area contributed by atoms with E-state index < -0.39 is 0 Å². The van der Waals surface area contributed by atoms with Gasteiger partial charge >= 0.3 is 0 Å². The zero-order valence-electron chi connectivity index (χ0n) is 21.7. The Balaban J connectivity index is 1.06. The molecule has 4 aromatic rings. The Morgan fingerprint density at radius 2 is 1.71 bits per heavy atom.